The molecule has 0 radical (unpaired) electrons. The highest BCUT2D eigenvalue weighted by atomic mass is 79.9. The first kappa shape index (κ1) is 12.4. The van der Waals surface area contributed by atoms with Crippen LogP contribution in [0.15, 0.2) is 17.0 Å². The van der Waals surface area contributed by atoms with E-state index in [9.17, 15) is 5.11 Å². The number of anilines is 1. The molecule has 1 aromatic rings. The van der Waals surface area contributed by atoms with Crippen LogP contribution in [-0.4, -0.2) is 27.2 Å². The van der Waals surface area contributed by atoms with Gasteiger partial charge in [-0.25, -0.2) is 9.97 Å². The summed E-state index contributed by atoms with van der Waals surface area (Å²) in [6, 6.07) is 0. The van der Waals surface area contributed by atoms with Gasteiger partial charge in [-0.05, 0) is 28.8 Å². The summed E-state index contributed by atoms with van der Waals surface area (Å²) in [6.07, 6.45) is 3.14. The van der Waals surface area contributed by atoms with Crippen molar-refractivity contribution in [2.75, 3.05) is 11.9 Å². The van der Waals surface area contributed by atoms with Gasteiger partial charge in [0.25, 0.3) is 0 Å². The van der Waals surface area contributed by atoms with E-state index in [0.29, 0.717) is 12.4 Å². The minimum Gasteiger partial charge on any atom is -0.388 e. The summed E-state index contributed by atoms with van der Waals surface area (Å²) in [6.45, 7) is 6.23. The second kappa shape index (κ2) is 4.90. The summed E-state index contributed by atoms with van der Waals surface area (Å²) in [5.74, 6) is 0.886. The van der Waals surface area contributed by atoms with Crippen molar-refractivity contribution in [3.05, 3.63) is 17.0 Å². The quantitative estimate of drug-likeness (QED) is 0.882. The predicted octanol–water partition coefficient (Wildman–Crippen LogP) is 2.06. The van der Waals surface area contributed by atoms with E-state index in [-0.39, 0.29) is 5.92 Å². The van der Waals surface area contributed by atoms with Crippen LogP contribution in [-0.2, 0) is 0 Å². The van der Waals surface area contributed by atoms with Crippen molar-refractivity contribution in [3.8, 4) is 0 Å². The van der Waals surface area contributed by atoms with Gasteiger partial charge in [0.15, 0.2) is 0 Å². The Morgan fingerprint density at radius 3 is 2.80 bits per heavy atom. The molecule has 0 saturated heterocycles. The zero-order valence-electron chi connectivity index (χ0n) is 9.16. The molecule has 1 atom stereocenters. The van der Waals surface area contributed by atoms with Crippen LogP contribution in [0.3, 0.4) is 0 Å². The largest absolute Gasteiger partial charge is 0.388 e. The van der Waals surface area contributed by atoms with Crippen LogP contribution in [0.5, 0.6) is 0 Å². The fourth-order valence-electron chi connectivity index (χ4n) is 0.910. The SMILES string of the molecule is CC(C)C(C)(O)CNc1ncncc1Br. The molecule has 1 heterocycles. The van der Waals surface area contributed by atoms with Crippen LogP contribution in [0.25, 0.3) is 0 Å². The van der Waals surface area contributed by atoms with Crippen LogP contribution < -0.4 is 5.32 Å². The summed E-state index contributed by atoms with van der Waals surface area (Å²) < 4.78 is 0.796. The van der Waals surface area contributed by atoms with Crippen LogP contribution in [0.1, 0.15) is 20.8 Å². The lowest BCUT2D eigenvalue weighted by atomic mass is 9.93. The normalized spacial score (nSPS) is 15.1. The third kappa shape index (κ3) is 3.43. The van der Waals surface area contributed by atoms with Gasteiger partial charge in [0.2, 0.25) is 0 Å². The Balaban J connectivity index is 2.62. The Morgan fingerprint density at radius 2 is 2.27 bits per heavy atom. The van der Waals surface area contributed by atoms with E-state index in [0.717, 1.165) is 4.47 Å². The first-order valence-electron chi connectivity index (χ1n) is 4.85. The van der Waals surface area contributed by atoms with Crippen molar-refractivity contribution in [2.24, 2.45) is 5.92 Å². The minimum absolute atomic E-state index is 0.186. The van der Waals surface area contributed by atoms with E-state index in [1.165, 1.54) is 6.33 Å². The Bertz CT molecular complexity index is 328. The monoisotopic (exact) mass is 273 g/mol. The molecule has 1 unspecified atom stereocenters. The second-order valence-corrected chi connectivity index (χ2v) is 4.94. The molecule has 0 aliphatic heterocycles. The molecule has 0 aromatic carbocycles. The molecule has 4 nitrogen and oxygen atoms in total. The van der Waals surface area contributed by atoms with E-state index in [4.69, 9.17) is 0 Å². The van der Waals surface area contributed by atoms with Gasteiger partial charge < -0.3 is 10.4 Å². The number of rotatable bonds is 4. The Morgan fingerprint density at radius 1 is 1.60 bits per heavy atom. The highest BCUT2D eigenvalue weighted by Gasteiger charge is 2.24. The molecule has 0 bridgehead atoms. The van der Waals surface area contributed by atoms with E-state index in [1.807, 2.05) is 13.8 Å². The molecule has 0 amide bonds. The number of nitrogens with one attached hydrogen (secondary N) is 1. The number of aromatic nitrogens is 2. The summed E-state index contributed by atoms with van der Waals surface area (Å²) in [5.41, 5.74) is -0.746. The van der Waals surface area contributed by atoms with Crippen LogP contribution in [0.2, 0.25) is 0 Å². The van der Waals surface area contributed by atoms with E-state index in [1.54, 1.807) is 13.1 Å². The molecular weight excluding hydrogens is 258 g/mol. The van der Waals surface area contributed by atoms with Crippen molar-refractivity contribution >= 4 is 21.7 Å². The highest BCUT2D eigenvalue weighted by Crippen LogP contribution is 2.20. The average Bonchev–Trinajstić information content (AvgIpc) is 2.16. The van der Waals surface area contributed by atoms with Gasteiger partial charge in [-0.2, -0.15) is 0 Å². The first-order chi connectivity index (χ1) is 6.93. The summed E-state index contributed by atoms with van der Waals surface area (Å²) in [7, 11) is 0. The zero-order chi connectivity index (χ0) is 11.5. The van der Waals surface area contributed by atoms with Gasteiger partial charge >= 0.3 is 0 Å². The molecular formula is C10H16BrN3O. The first-order valence-corrected chi connectivity index (χ1v) is 5.64. The molecule has 0 spiro atoms. The average molecular weight is 274 g/mol. The van der Waals surface area contributed by atoms with Crippen LogP contribution in [0, 0.1) is 5.92 Å². The Hall–Kier alpha value is -0.680. The lowest BCUT2D eigenvalue weighted by molar-refractivity contribution is 0.0265. The third-order valence-electron chi connectivity index (χ3n) is 2.53. The Labute approximate surface area is 98.3 Å². The van der Waals surface area contributed by atoms with Crippen molar-refractivity contribution in [2.45, 2.75) is 26.4 Å². The van der Waals surface area contributed by atoms with Gasteiger partial charge in [-0.3, -0.25) is 0 Å². The third-order valence-corrected chi connectivity index (χ3v) is 3.11. The molecule has 15 heavy (non-hydrogen) atoms. The van der Waals surface area contributed by atoms with Gasteiger partial charge in [0.1, 0.15) is 12.1 Å². The number of aliphatic hydroxyl groups is 1. The van der Waals surface area contributed by atoms with Crippen molar-refractivity contribution in [1.29, 1.82) is 0 Å². The summed E-state index contributed by atoms with van der Waals surface area (Å²) in [4.78, 5) is 7.92. The topological polar surface area (TPSA) is 58.0 Å². The van der Waals surface area contributed by atoms with E-state index >= 15 is 0 Å². The highest BCUT2D eigenvalue weighted by molar-refractivity contribution is 9.10. The van der Waals surface area contributed by atoms with Crippen molar-refractivity contribution < 1.29 is 5.11 Å². The maximum Gasteiger partial charge on any atom is 0.143 e. The molecule has 0 aliphatic carbocycles. The molecule has 1 rings (SSSR count). The maximum atomic E-state index is 10.0. The van der Waals surface area contributed by atoms with Crippen molar-refractivity contribution in [3.63, 3.8) is 0 Å². The minimum atomic E-state index is -0.746. The number of halogens is 1. The lowest BCUT2D eigenvalue weighted by Crippen LogP contribution is -2.38. The smallest absolute Gasteiger partial charge is 0.143 e. The molecule has 84 valence electrons. The molecule has 0 saturated carbocycles. The Kier molecular flexibility index (Phi) is 4.04. The van der Waals surface area contributed by atoms with Gasteiger partial charge in [0, 0.05) is 12.7 Å². The van der Waals surface area contributed by atoms with Gasteiger partial charge in [0.05, 0.1) is 10.1 Å². The summed E-state index contributed by atoms with van der Waals surface area (Å²) in [5, 5.41) is 13.1. The zero-order valence-corrected chi connectivity index (χ0v) is 10.7. The van der Waals surface area contributed by atoms with Crippen LogP contribution >= 0.6 is 15.9 Å². The molecule has 1 aromatic heterocycles. The fourth-order valence-corrected chi connectivity index (χ4v) is 1.27. The standard InChI is InChI=1S/C10H16BrN3O/c1-7(2)10(3,15)5-13-9-8(11)4-12-6-14-9/h4,6-7,15H,5H2,1-3H3,(H,12,13,14). The number of hydrogen-bond acceptors (Lipinski definition) is 4. The lowest BCUT2D eigenvalue weighted by Gasteiger charge is -2.28. The van der Waals surface area contributed by atoms with E-state index < -0.39 is 5.60 Å². The number of hydrogen-bond donors (Lipinski definition) is 2. The van der Waals surface area contributed by atoms with Gasteiger partial charge in [-0.1, -0.05) is 13.8 Å². The van der Waals surface area contributed by atoms with Crippen molar-refractivity contribution in [1.82, 2.24) is 9.97 Å². The molecule has 2 N–H and O–H groups in total. The molecule has 0 aliphatic rings. The van der Waals surface area contributed by atoms with Crippen LogP contribution in [0.4, 0.5) is 5.82 Å². The van der Waals surface area contributed by atoms with Gasteiger partial charge in [-0.15, -0.1) is 0 Å². The van der Waals surface area contributed by atoms with E-state index in [2.05, 4.69) is 31.2 Å². The number of nitrogens with zero attached hydrogens (tertiary/aromatic N) is 2. The fraction of sp³-hybridized carbons (Fsp3) is 0.600. The predicted molar refractivity (Wildman–Crippen MR) is 63.7 cm³/mol. The second-order valence-electron chi connectivity index (χ2n) is 4.08. The maximum absolute atomic E-state index is 10.0. The summed E-state index contributed by atoms with van der Waals surface area (Å²) >= 11 is 3.33. The molecule has 0 fully saturated rings. The molecule has 5 heteroatoms.